The highest BCUT2D eigenvalue weighted by Gasteiger charge is 2.37. The molecule has 0 aromatic heterocycles. The molecule has 1 atom stereocenters. The van der Waals surface area contributed by atoms with Gasteiger partial charge in [-0.25, -0.2) is 4.79 Å². The fourth-order valence-corrected chi connectivity index (χ4v) is 2.97. The Bertz CT molecular complexity index is 575. The zero-order chi connectivity index (χ0) is 15.1. The molecule has 1 aliphatic heterocycles. The van der Waals surface area contributed by atoms with Gasteiger partial charge in [-0.3, -0.25) is 0 Å². The van der Waals surface area contributed by atoms with Crippen LogP contribution < -0.4 is 9.64 Å². The van der Waals surface area contributed by atoms with Crippen molar-refractivity contribution in [3.63, 3.8) is 0 Å². The Morgan fingerprint density at radius 3 is 2.60 bits per heavy atom. The van der Waals surface area contributed by atoms with Gasteiger partial charge in [-0.2, -0.15) is 0 Å². The number of anilines is 1. The summed E-state index contributed by atoms with van der Waals surface area (Å²) in [5.41, 5.74) is 2.75. The van der Waals surface area contributed by atoms with E-state index in [-0.39, 0.29) is 5.54 Å². The molecule has 4 heteroatoms. The van der Waals surface area contributed by atoms with Crippen LogP contribution in [0.25, 0.3) is 5.57 Å². The van der Waals surface area contributed by atoms with Gasteiger partial charge in [0, 0.05) is 11.3 Å². The molecule has 2 rings (SSSR count). The van der Waals surface area contributed by atoms with Crippen LogP contribution in [0.5, 0.6) is 5.75 Å². The van der Waals surface area contributed by atoms with E-state index in [4.69, 9.17) is 4.74 Å². The number of allylic oxidation sites excluding steroid dienone is 1. The lowest BCUT2D eigenvalue weighted by atomic mass is 9.87. The van der Waals surface area contributed by atoms with Crippen molar-refractivity contribution in [2.75, 3.05) is 12.0 Å². The maximum atomic E-state index is 11.4. The molecular formula is C16H21NO3. The lowest BCUT2D eigenvalue weighted by Gasteiger charge is -2.45. The fourth-order valence-electron chi connectivity index (χ4n) is 2.97. The summed E-state index contributed by atoms with van der Waals surface area (Å²) in [6.45, 7) is 7.82. The third kappa shape index (κ3) is 2.26. The van der Waals surface area contributed by atoms with E-state index in [0.717, 1.165) is 22.6 Å². The van der Waals surface area contributed by atoms with Gasteiger partial charge in [-0.15, -0.1) is 0 Å². The number of carbonyl (C=O) groups is 1. The number of rotatable bonds is 3. The molecule has 1 aromatic rings. The van der Waals surface area contributed by atoms with Crippen LogP contribution >= 0.6 is 0 Å². The number of aliphatic carboxylic acids is 1. The number of nitrogens with zero attached hydrogens (tertiary/aromatic N) is 1. The molecule has 0 amide bonds. The van der Waals surface area contributed by atoms with Gasteiger partial charge in [0.2, 0.25) is 0 Å². The van der Waals surface area contributed by atoms with Crippen LogP contribution in [0.3, 0.4) is 0 Å². The summed E-state index contributed by atoms with van der Waals surface area (Å²) >= 11 is 0. The SMILES string of the molecule is COc1ccc2c(c1)C(C)=CC(C)(C)N2[C@@H](C)C(=O)O. The number of methoxy groups -OCH3 is 1. The normalized spacial score (nSPS) is 18.1. The molecule has 0 unspecified atom stereocenters. The second kappa shape index (κ2) is 4.85. The smallest absolute Gasteiger partial charge is 0.326 e. The lowest BCUT2D eigenvalue weighted by molar-refractivity contribution is -0.138. The minimum Gasteiger partial charge on any atom is -0.497 e. The second-order valence-corrected chi connectivity index (χ2v) is 5.75. The molecule has 108 valence electrons. The Morgan fingerprint density at radius 1 is 1.40 bits per heavy atom. The minimum atomic E-state index is -0.826. The molecule has 0 aliphatic carbocycles. The van der Waals surface area contributed by atoms with Crippen LogP contribution in [-0.2, 0) is 4.79 Å². The largest absolute Gasteiger partial charge is 0.497 e. The molecule has 0 saturated carbocycles. The molecule has 1 aromatic carbocycles. The predicted molar refractivity (Wildman–Crippen MR) is 80.3 cm³/mol. The topological polar surface area (TPSA) is 49.8 Å². The molecule has 0 bridgehead atoms. The van der Waals surface area contributed by atoms with Crippen LogP contribution in [-0.4, -0.2) is 29.8 Å². The number of fused-ring (bicyclic) bond motifs is 1. The summed E-state index contributed by atoms with van der Waals surface area (Å²) in [5.74, 6) is -0.0491. The van der Waals surface area contributed by atoms with Crippen molar-refractivity contribution in [3.05, 3.63) is 29.8 Å². The van der Waals surface area contributed by atoms with Gasteiger partial charge in [0.15, 0.2) is 0 Å². The molecule has 0 saturated heterocycles. The average molecular weight is 275 g/mol. The summed E-state index contributed by atoms with van der Waals surface area (Å²) in [6.07, 6.45) is 2.11. The molecular weight excluding hydrogens is 254 g/mol. The third-order valence-corrected chi connectivity index (χ3v) is 3.82. The summed E-state index contributed by atoms with van der Waals surface area (Å²) < 4.78 is 5.26. The number of benzene rings is 1. The van der Waals surface area contributed by atoms with Gasteiger partial charge >= 0.3 is 5.97 Å². The number of hydrogen-bond donors (Lipinski definition) is 1. The van der Waals surface area contributed by atoms with Crippen LogP contribution in [0, 0.1) is 0 Å². The van der Waals surface area contributed by atoms with Gasteiger partial charge in [0.05, 0.1) is 12.6 Å². The zero-order valence-electron chi connectivity index (χ0n) is 12.6. The van der Waals surface area contributed by atoms with E-state index in [1.807, 2.05) is 43.9 Å². The lowest BCUT2D eigenvalue weighted by Crippen LogP contribution is -2.53. The van der Waals surface area contributed by atoms with E-state index < -0.39 is 12.0 Å². The Hall–Kier alpha value is -1.97. The highest BCUT2D eigenvalue weighted by Crippen LogP contribution is 2.41. The second-order valence-electron chi connectivity index (χ2n) is 5.75. The molecule has 1 N–H and O–H groups in total. The first-order valence-corrected chi connectivity index (χ1v) is 6.68. The number of hydrogen-bond acceptors (Lipinski definition) is 3. The van der Waals surface area contributed by atoms with Crippen molar-refractivity contribution >= 4 is 17.2 Å². The van der Waals surface area contributed by atoms with Gasteiger partial charge in [0.25, 0.3) is 0 Å². The quantitative estimate of drug-likeness (QED) is 0.920. The van der Waals surface area contributed by atoms with Crippen molar-refractivity contribution in [1.29, 1.82) is 0 Å². The summed E-state index contributed by atoms with van der Waals surface area (Å²) in [6, 6.07) is 5.17. The Balaban J connectivity index is 2.62. The van der Waals surface area contributed by atoms with Crippen LogP contribution in [0.2, 0.25) is 0 Å². The van der Waals surface area contributed by atoms with Crippen molar-refractivity contribution in [2.45, 2.75) is 39.3 Å². The molecule has 4 nitrogen and oxygen atoms in total. The van der Waals surface area contributed by atoms with Crippen LogP contribution in [0.1, 0.15) is 33.3 Å². The van der Waals surface area contributed by atoms with Gasteiger partial charge in [-0.05, 0) is 51.5 Å². The molecule has 0 radical (unpaired) electrons. The summed E-state index contributed by atoms with van der Waals surface area (Å²) in [7, 11) is 1.63. The Morgan fingerprint density at radius 2 is 2.05 bits per heavy atom. The molecule has 0 fully saturated rings. The van der Waals surface area contributed by atoms with E-state index in [9.17, 15) is 9.90 Å². The van der Waals surface area contributed by atoms with Gasteiger partial charge in [0.1, 0.15) is 11.8 Å². The van der Waals surface area contributed by atoms with E-state index in [2.05, 4.69) is 6.08 Å². The molecule has 1 aliphatic rings. The van der Waals surface area contributed by atoms with Crippen molar-refractivity contribution in [1.82, 2.24) is 0 Å². The number of carboxylic acids is 1. The van der Waals surface area contributed by atoms with E-state index in [1.54, 1.807) is 14.0 Å². The third-order valence-electron chi connectivity index (χ3n) is 3.82. The van der Waals surface area contributed by atoms with Gasteiger partial charge < -0.3 is 14.7 Å². The first kappa shape index (κ1) is 14.4. The molecule has 20 heavy (non-hydrogen) atoms. The average Bonchev–Trinajstić information content (AvgIpc) is 2.37. The maximum Gasteiger partial charge on any atom is 0.326 e. The maximum absolute atomic E-state index is 11.4. The zero-order valence-corrected chi connectivity index (χ0v) is 12.6. The number of carboxylic acid groups (broad SMARTS) is 1. The monoisotopic (exact) mass is 275 g/mol. The van der Waals surface area contributed by atoms with Crippen molar-refractivity contribution in [3.8, 4) is 5.75 Å². The summed E-state index contributed by atoms with van der Waals surface area (Å²) in [5, 5.41) is 9.37. The Kier molecular flexibility index (Phi) is 3.50. The fraction of sp³-hybridized carbons (Fsp3) is 0.438. The van der Waals surface area contributed by atoms with E-state index in [0.29, 0.717) is 0 Å². The van der Waals surface area contributed by atoms with Crippen LogP contribution in [0.15, 0.2) is 24.3 Å². The Labute approximate surface area is 119 Å². The van der Waals surface area contributed by atoms with E-state index in [1.165, 1.54) is 0 Å². The molecule has 1 heterocycles. The van der Waals surface area contributed by atoms with Crippen molar-refractivity contribution in [2.24, 2.45) is 0 Å². The standard InChI is InChI=1S/C16H21NO3/c1-10-9-16(3,4)17(11(2)15(18)19)14-7-6-12(20-5)8-13(10)14/h6-9,11H,1-5H3,(H,18,19)/t11-/m0/s1. The highest BCUT2D eigenvalue weighted by atomic mass is 16.5. The summed E-state index contributed by atoms with van der Waals surface area (Å²) in [4.78, 5) is 13.4. The molecule has 0 spiro atoms. The van der Waals surface area contributed by atoms with Gasteiger partial charge in [-0.1, -0.05) is 6.08 Å². The first-order chi connectivity index (χ1) is 9.27. The highest BCUT2D eigenvalue weighted by molar-refractivity contribution is 5.87. The number of ether oxygens (including phenoxy) is 1. The minimum absolute atomic E-state index is 0.344. The van der Waals surface area contributed by atoms with Crippen LogP contribution in [0.4, 0.5) is 5.69 Å². The predicted octanol–water partition coefficient (Wildman–Crippen LogP) is 3.17. The van der Waals surface area contributed by atoms with Crippen molar-refractivity contribution < 1.29 is 14.6 Å². The van der Waals surface area contributed by atoms with E-state index >= 15 is 0 Å². The first-order valence-electron chi connectivity index (χ1n) is 6.68.